The van der Waals surface area contributed by atoms with Crippen molar-refractivity contribution in [3.05, 3.63) is 89.8 Å². The molecule has 190 valence electrons. The minimum atomic E-state index is -0.817. The molecule has 37 heavy (non-hydrogen) atoms. The summed E-state index contributed by atoms with van der Waals surface area (Å²) in [5.41, 5.74) is 2.12. The SMILES string of the molecule is COc1cc(/C=C2/C(=O)NC(=O)N(c3ccc(Br)cc3C)C2=O)cc(Br)c1OCc1ccc(Cl)c(Cl)c1. The predicted octanol–water partition coefficient (Wildman–Crippen LogP) is 7.08. The standard InChI is InChI=1S/C26H18Br2Cl2N2O5/c1-13-7-16(27)4-6-21(13)32-25(34)17(24(33)31-26(32)35)8-15-9-18(28)23(22(11-15)36-2)37-12-14-3-5-19(29)20(30)10-14/h3-11H,12H2,1-2H3,(H,31,33,35)/b17-8-. The van der Waals surface area contributed by atoms with Crippen molar-refractivity contribution in [3.63, 3.8) is 0 Å². The van der Waals surface area contributed by atoms with Gasteiger partial charge in [-0.1, -0.05) is 45.2 Å². The number of rotatable bonds is 6. The summed E-state index contributed by atoms with van der Waals surface area (Å²) in [5, 5.41) is 3.09. The first-order valence-electron chi connectivity index (χ1n) is 10.7. The number of carbonyl (C=O) groups is 3. The normalized spacial score (nSPS) is 14.7. The lowest BCUT2D eigenvalue weighted by molar-refractivity contribution is -0.122. The Morgan fingerprint density at radius 2 is 1.76 bits per heavy atom. The number of hydrogen-bond acceptors (Lipinski definition) is 5. The molecule has 7 nitrogen and oxygen atoms in total. The number of barbiturate groups is 1. The number of anilines is 1. The molecule has 1 aliphatic rings. The molecule has 0 spiro atoms. The molecule has 0 aromatic heterocycles. The highest BCUT2D eigenvalue weighted by Crippen LogP contribution is 2.38. The van der Waals surface area contributed by atoms with E-state index >= 15 is 0 Å². The highest BCUT2D eigenvalue weighted by Gasteiger charge is 2.37. The molecule has 0 saturated carbocycles. The van der Waals surface area contributed by atoms with Crippen LogP contribution in [0.3, 0.4) is 0 Å². The summed E-state index contributed by atoms with van der Waals surface area (Å²) in [6.07, 6.45) is 1.39. The number of urea groups is 1. The van der Waals surface area contributed by atoms with Gasteiger partial charge in [0, 0.05) is 4.47 Å². The first-order chi connectivity index (χ1) is 17.6. The van der Waals surface area contributed by atoms with Crippen LogP contribution in [0.4, 0.5) is 10.5 Å². The van der Waals surface area contributed by atoms with Crippen LogP contribution in [-0.2, 0) is 16.2 Å². The minimum absolute atomic E-state index is 0.191. The third-order valence-electron chi connectivity index (χ3n) is 5.43. The summed E-state index contributed by atoms with van der Waals surface area (Å²) < 4.78 is 12.8. The Morgan fingerprint density at radius 1 is 1.00 bits per heavy atom. The van der Waals surface area contributed by atoms with Crippen LogP contribution >= 0.6 is 55.1 Å². The highest BCUT2D eigenvalue weighted by molar-refractivity contribution is 9.10. The number of carbonyl (C=O) groups excluding carboxylic acids is 3. The Balaban J connectivity index is 1.65. The zero-order chi connectivity index (χ0) is 26.9. The Kier molecular flexibility index (Phi) is 8.28. The third-order valence-corrected chi connectivity index (χ3v) is 7.25. The molecule has 0 bridgehead atoms. The van der Waals surface area contributed by atoms with Gasteiger partial charge in [-0.25, -0.2) is 9.69 Å². The van der Waals surface area contributed by atoms with E-state index in [1.54, 1.807) is 55.5 Å². The van der Waals surface area contributed by atoms with Crippen LogP contribution in [0.15, 0.2) is 63.0 Å². The van der Waals surface area contributed by atoms with E-state index in [-0.39, 0.29) is 12.2 Å². The minimum Gasteiger partial charge on any atom is -0.493 e. The maximum atomic E-state index is 13.3. The van der Waals surface area contributed by atoms with Crippen LogP contribution in [-0.4, -0.2) is 25.0 Å². The van der Waals surface area contributed by atoms with Crippen molar-refractivity contribution < 1.29 is 23.9 Å². The van der Waals surface area contributed by atoms with Crippen LogP contribution in [0.1, 0.15) is 16.7 Å². The van der Waals surface area contributed by atoms with Gasteiger partial charge in [0.2, 0.25) is 0 Å². The van der Waals surface area contributed by atoms with Crippen molar-refractivity contribution >= 4 is 84.7 Å². The topological polar surface area (TPSA) is 84.9 Å². The molecular formula is C26H18Br2Cl2N2O5. The zero-order valence-corrected chi connectivity index (χ0v) is 24.1. The quantitative estimate of drug-likeness (QED) is 0.224. The van der Waals surface area contributed by atoms with Crippen molar-refractivity contribution in [2.24, 2.45) is 0 Å². The molecule has 1 fully saturated rings. The van der Waals surface area contributed by atoms with E-state index in [1.165, 1.54) is 13.2 Å². The van der Waals surface area contributed by atoms with Crippen LogP contribution in [0, 0.1) is 6.92 Å². The van der Waals surface area contributed by atoms with Crippen LogP contribution in [0.25, 0.3) is 6.08 Å². The van der Waals surface area contributed by atoms with Crippen LogP contribution in [0.2, 0.25) is 10.0 Å². The predicted molar refractivity (Wildman–Crippen MR) is 149 cm³/mol. The second kappa shape index (κ2) is 11.3. The molecule has 0 radical (unpaired) electrons. The van der Waals surface area contributed by atoms with E-state index in [1.807, 2.05) is 0 Å². The van der Waals surface area contributed by atoms with Gasteiger partial charge in [-0.2, -0.15) is 0 Å². The maximum absolute atomic E-state index is 13.3. The number of halogens is 4. The summed E-state index contributed by atoms with van der Waals surface area (Å²) in [5.74, 6) is -0.760. The van der Waals surface area contributed by atoms with Crippen LogP contribution < -0.4 is 19.7 Å². The number of methoxy groups -OCH3 is 1. The summed E-state index contributed by atoms with van der Waals surface area (Å²) in [6.45, 7) is 1.95. The number of imide groups is 2. The second-order valence-corrected chi connectivity index (χ2v) is 10.5. The van der Waals surface area contributed by atoms with Gasteiger partial charge in [0.1, 0.15) is 12.2 Å². The van der Waals surface area contributed by atoms with Crippen molar-refractivity contribution in [1.82, 2.24) is 5.32 Å². The molecule has 0 atom stereocenters. The van der Waals surface area contributed by atoms with Gasteiger partial charge < -0.3 is 9.47 Å². The molecular weight excluding hydrogens is 651 g/mol. The summed E-state index contributed by atoms with van der Waals surface area (Å²) in [7, 11) is 1.47. The zero-order valence-electron chi connectivity index (χ0n) is 19.4. The molecule has 1 saturated heterocycles. The molecule has 3 aromatic carbocycles. The highest BCUT2D eigenvalue weighted by atomic mass is 79.9. The van der Waals surface area contributed by atoms with Crippen molar-refractivity contribution in [1.29, 1.82) is 0 Å². The first-order valence-corrected chi connectivity index (χ1v) is 13.0. The Morgan fingerprint density at radius 3 is 2.43 bits per heavy atom. The number of amides is 4. The maximum Gasteiger partial charge on any atom is 0.335 e. The number of hydrogen-bond donors (Lipinski definition) is 1. The Bertz CT molecular complexity index is 1480. The van der Waals surface area contributed by atoms with Crippen molar-refractivity contribution in [2.45, 2.75) is 13.5 Å². The summed E-state index contributed by atoms with van der Waals surface area (Å²) in [6, 6.07) is 12.8. The number of nitrogens with zero attached hydrogens (tertiary/aromatic N) is 1. The van der Waals surface area contributed by atoms with Gasteiger partial charge in [0.05, 0.1) is 27.3 Å². The van der Waals surface area contributed by atoms with Gasteiger partial charge in [-0.3, -0.25) is 14.9 Å². The van der Waals surface area contributed by atoms with E-state index in [2.05, 4.69) is 37.2 Å². The first kappa shape index (κ1) is 27.2. The molecule has 3 aromatic rings. The van der Waals surface area contributed by atoms with Crippen molar-refractivity contribution in [2.75, 3.05) is 12.0 Å². The van der Waals surface area contributed by atoms with E-state index in [0.29, 0.717) is 42.8 Å². The summed E-state index contributed by atoms with van der Waals surface area (Å²) in [4.78, 5) is 39.4. The fourth-order valence-electron chi connectivity index (χ4n) is 3.66. The number of benzene rings is 3. The largest absolute Gasteiger partial charge is 0.493 e. The average molecular weight is 669 g/mol. The number of ether oxygens (including phenoxy) is 2. The van der Waals surface area contributed by atoms with E-state index in [4.69, 9.17) is 32.7 Å². The molecule has 1 aliphatic heterocycles. The van der Waals surface area contributed by atoms with Crippen molar-refractivity contribution in [3.8, 4) is 11.5 Å². The second-order valence-electron chi connectivity index (χ2n) is 7.96. The molecule has 1 N–H and O–H groups in total. The fourth-order valence-corrected chi connectivity index (χ4v) is 5.03. The lowest BCUT2D eigenvalue weighted by Gasteiger charge is -2.27. The van der Waals surface area contributed by atoms with Crippen LogP contribution in [0.5, 0.6) is 11.5 Å². The smallest absolute Gasteiger partial charge is 0.335 e. The average Bonchev–Trinajstić information content (AvgIpc) is 2.84. The van der Waals surface area contributed by atoms with Gasteiger partial charge in [-0.05, 0) is 88.1 Å². The van der Waals surface area contributed by atoms with Gasteiger partial charge in [-0.15, -0.1) is 0 Å². The molecule has 0 unspecified atom stereocenters. The Hall–Kier alpha value is -2.85. The lowest BCUT2D eigenvalue weighted by Crippen LogP contribution is -2.54. The lowest BCUT2D eigenvalue weighted by atomic mass is 10.1. The van der Waals surface area contributed by atoms with E-state index in [0.717, 1.165) is 14.9 Å². The number of aryl methyl sites for hydroxylation is 1. The fraction of sp³-hybridized carbons (Fsp3) is 0.115. The molecule has 4 rings (SSSR count). The number of nitrogens with one attached hydrogen (secondary N) is 1. The van der Waals surface area contributed by atoms with E-state index < -0.39 is 17.8 Å². The van der Waals surface area contributed by atoms with Gasteiger partial charge in [0.15, 0.2) is 11.5 Å². The van der Waals surface area contributed by atoms with Gasteiger partial charge >= 0.3 is 6.03 Å². The summed E-state index contributed by atoms with van der Waals surface area (Å²) >= 11 is 18.9. The Labute approximate surface area is 239 Å². The van der Waals surface area contributed by atoms with E-state index in [9.17, 15) is 14.4 Å². The molecule has 4 amide bonds. The molecule has 0 aliphatic carbocycles. The third kappa shape index (κ3) is 5.85. The molecule has 1 heterocycles. The molecule has 11 heteroatoms. The van der Waals surface area contributed by atoms with Gasteiger partial charge in [0.25, 0.3) is 11.8 Å². The monoisotopic (exact) mass is 666 g/mol.